The molecule has 2 N–H and O–H groups in total. The van der Waals surface area contributed by atoms with Crippen molar-refractivity contribution in [2.75, 3.05) is 32.8 Å². The van der Waals surface area contributed by atoms with Gasteiger partial charge < -0.3 is 15.2 Å². The summed E-state index contributed by atoms with van der Waals surface area (Å²) in [5.74, 6) is 0. The van der Waals surface area contributed by atoms with Crippen LogP contribution in [0.15, 0.2) is 0 Å². The molecule has 0 aromatic carbocycles. The van der Waals surface area contributed by atoms with E-state index in [1.807, 2.05) is 0 Å². The lowest BCUT2D eigenvalue weighted by Gasteiger charge is -2.26. The summed E-state index contributed by atoms with van der Waals surface area (Å²) < 4.78 is 11.3. The first-order valence-corrected chi connectivity index (χ1v) is 6.57. The molecule has 1 unspecified atom stereocenters. The van der Waals surface area contributed by atoms with E-state index in [1.54, 1.807) is 0 Å². The van der Waals surface area contributed by atoms with Crippen molar-refractivity contribution >= 4 is 0 Å². The highest BCUT2D eigenvalue weighted by atomic mass is 16.7. The first-order chi connectivity index (χ1) is 7.90. The third-order valence-corrected chi connectivity index (χ3v) is 3.59. The summed E-state index contributed by atoms with van der Waals surface area (Å²) in [7, 11) is 0. The zero-order valence-corrected chi connectivity index (χ0v) is 10.1. The minimum absolute atomic E-state index is 0.0488. The summed E-state index contributed by atoms with van der Waals surface area (Å²) in [5, 5.41) is 0. The molecule has 16 heavy (non-hydrogen) atoms. The summed E-state index contributed by atoms with van der Waals surface area (Å²) in [5.41, 5.74) is 5.73. The molecule has 0 bridgehead atoms. The maximum atomic E-state index is 5.73. The summed E-state index contributed by atoms with van der Waals surface area (Å²) in [4.78, 5) is 2.45. The lowest BCUT2D eigenvalue weighted by atomic mass is 10.2. The van der Waals surface area contributed by atoms with Crippen LogP contribution in [0.5, 0.6) is 0 Å². The molecule has 0 spiro atoms. The van der Waals surface area contributed by atoms with Crippen molar-refractivity contribution in [1.29, 1.82) is 0 Å². The SMILES string of the molecule is NC[C@@H]1CCCN1CCOC1CCCCO1. The van der Waals surface area contributed by atoms with Gasteiger partial charge in [-0.25, -0.2) is 0 Å². The molecule has 0 aromatic heterocycles. The van der Waals surface area contributed by atoms with Gasteiger partial charge in [0, 0.05) is 25.7 Å². The fourth-order valence-electron chi connectivity index (χ4n) is 2.60. The Hall–Kier alpha value is -0.160. The van der Waals surface area contributed by atoms with E-state index >= 15 is 0 Å². The van der Waals surface area contributed by atoms with Crippen LogP contribution in [0.4, 0.5) is 0 Å². The van der Waals surface area contributed by atoms with Gasteiger partial charge in [-0.1, -0.05) is 0 Å². The molecule has 4 nitrogen and oxygen atoms in total. The molecular formula is C12H24N2O2. The van der Waals surface area contributed by atoms with Crippen LogP contribution in [0, 0.1) is 0 Å². The quantitative estimate of drug-likeness (QED) is 0.761. The summed E-state index contributed by atoms with van der Waals surface area (Å²) >= 11 is 0. The fraction of sp³-hybridized carbons (Fsp3) is 1.00. The van der Waals surface area contributed by atoms with Crippen molar-refractivity contribution in [1.82, 2.24) is 4.90 Å². The Labute approximate surface area is 98.1 Å². The van der Waals surface area contributed by atoms with E-state index in [0.29, 0.717) is 6.04 Å². The molecule has 0 amide bonds. The van der Waals surface area contributed by atoms with Crippen LogP contribution in [0.2, 0.25) is 0 Å². The molecule has 2 rings (SSSR count). The molecule has 0 aliphatic carbocycles. The Morgan fingerprint density at radius 2 is 2.19 bits per heavy atom. The van der Waals surface area contributed by atoms with E-state index in [4.69, 9.17) is 15.2 Å². The molecule has 0 saturated carbocycles. The van der Waals surface area contributed by atoms with Crippen molar-refractivity contribution in [2.24, 2.45) is 5.73 Å². The average molecular weight is 228 g/mol. The zero-order chi connectivity index (χ0) is 11.2. The van der Waals surface area contributed by atoms with Crippen LogP contribution in [0.25, 0.3) is 0 Å². The molecule has 2 aliphatic heterocycles. The van der Waals surface area contributed by atoms with E-state index in [-0.39, 0.29) is 6.29 Å². The van der Waals surface area contributed by atoms with Crippen molar-refractivity contribution in [3.8, 4) is 0 Å². The lowest BCUT2D eigenvalue weighted by Crippen LogP contribution is -2.38. The number of hydrogen-bond donors (Lipinski definition) is 1. The molecule has 2 heterocycles. The first kappa shape index (κ1) is 12.3. The van der Waals surface area contributed by atoms with Crippen molar-refractivity contribution in [3.05, 3.63) is 0 Å². The minimum Gasteiger partial charge on any atom is -0.353 e. The van der Waals surface area contributed by atoms with Gasteiger partial charge in [0.25, 0.3) is 0 Å². The van der Waals surface area contributed by atoms with Gasteiger partial charge in [-0.15, -0.1) is 0 Å². The van der Waals surface area contributed by atoms with Crippen LogP contribution in [-0.2, 0) is 9.47 Å². The highest BCUT2D eigenvalue weighted by Crippen LogP contribution is 2.17. The number of rotatable bonds is 5. The Morgan fingerprint density at radius 1 is 1.25 bits per heavy atom. The van der Waals surface area contributed by atoms with E-state index in [1.165, 1.54) is 32.2 Å². The van der Waals surface area contributed by atoms with Gasteiger partial charge in [0.05, 0.1) is 6.61 Å². The minimum atomic E-state index is 0.0488. The molecule has 4 heteroatoms. The molecule has 0 radical (unpaired) electrons. The lowest BCUT2D eigenvalue weighted by molar-refractivity contribution is -0.164. The van der Waals surface area contributed by atoms with Crippen LogP contribution in [0.3, 0.4) is 0 Å². The zero-order valence-electron chi connectivity index (χ0n) is 10.1. The van der Waals surface area contributed by atoms with Gasteiger partial charge in [0.1, 0.15) is 0 Å². The Bertz CT molecular complexity index is 195. The second kappa shape index (κ2) is 6.55. The van der Waals surface area contributed by atoms with Gasteiger partial charge in [0.2, 0.25) is 0 Å². The molecule has 0 aromatic rings. The molecule has 2 saturated heterocycles. The van der Waals surface area contributed by atoms with E-state index < -0.39 is 0 Å². The largest absolute Gasteiger partial charge is 0.353 e. The standard InChI is InChI=1S/C12H24N2O2/c13-10-11-4-3-6-14(11)7-9-16-12-5-1-2-8-15-12/h11-12H,1-10,13H2/t11-,12?/m0/s1. The third kappa shape index (κ3) is 3.42. The number of ether oxygens (including phenoxy) is 2. The Kier molecular flexibility index (Phi) is 5.03. The highest BCUT2D eigenvalue weighted by Gasteiger charge is 2.23. The first-order valence-electron chi connectivity index (χ1n) is 6.57. The van der Waals surface area contributed by atoms with Crippen LogP contribution >= 0.6 is 0 Å². The maximum Gasteiger partial charge on any atom is 0.157 e. The van der Waals surface area contributed by atoms with Crippen LogP contribution < -0.4 is 5.73 Å². The van der Waals surface area contributed by atoms with Gasteiger partial charge in [0.15, 0.2) is 6.29 Å². The number of hydrogen-bond acceptors (Lipinski definition) is 4. The van der Waals surface area contributed by atoms with E-state index in [2.05, 4.69) is 4.90 Å². The predicted octanol–water partition coefficient (Wildman–Crippen LogP) is 0.953. The fourth-order valence-corrected chi connectivity index (χ4v) is 2.60. The second-order valence-electron chi connectivity index (χ2n) is 4.73. The van der Waals surface area contributed by atoms with Crippen molar-refractivity contribution in [2.45, 2.75) is 44.4 Å². The third-order valence-electron chi connectivity index (χ3n) is 3.59. The Balaban J connectivity index is 1.59. The van der Waals surface area contributed by atoms with Gasteiger partial charge in [-0.2, -0.15) is 0 Å². The predicted molar refractivity (Wildman–Crippen MR) is 63.2 cm³/mol. The molecule has 2 aliphatic rings. The van der Waals surface area contributed by atoms with E-state index in [0.717, 1.165) is 32.7 Å². The summed E-state index contributed by atoms with van der Waals surface area (Å²) in [6, 6.07) is 0.580. The maximum absolute atomic E-state index is 5.73. The monoisotopic (exact) mass is 228 g/mol. The topological polar surface area (TPSA) is 47.7 Å². The number of nitrogens with zero attached hydrogens (tertiary/aromatic N) is 1. The van der Waals surface area contributed by atoms with Gasteiger partial charge in [-0.05, 0) is 38.6 Å². The van der Waals surface area contributed by atoms with Crippen molar-refractivity contribution < 1.29 is 9.47 Å². The van der Waals surface area contributed by atoms with Crippen LogP contribution in [-0.4, -0.2) is 50.1 Å². The Morgan fingerprint density at radius 3 is 2.94 bits per heavy atom. The van der Waals surface area contributed by atoms with Crippen LogP contribution in [0.1, 0.15) is 32.1 Å². The molecule has 2 fully saturated rings. The summed E-state index contributed by atoms with van der Waals surface area (Å²) in [6.07, 6.45) is 6.05. The summed E-state index contributed by atoms with van der Waals surface area (Å²) in [6.45, 7) is 4.60. The number of nitrogens with two attached hydrogens (primary N) is 1. The van der Waals surface area contributed by atoms with Gasteiger partial charge >= 0.3 is 0 Å². The van der Waals surface area contributed by atoms with E-state index in [9.17, 15) is 0 Å². The molecule has 2 atom stereocenters. The van der Waals surface area contributed by atoms with Gasteiger partial charge in [-0.3, -0.25) is 4.90 Å². The van der Waals surface area contributed by atoms with Crippen molar-refractivity contribution in [3.63, 3.8) is 0 Å². The highest BCUT2D eigenvalue weighted by molar-refractivity contribution is 4.79. The average Bonchev–Trinajstić information content (AvgIpc) is 2.78. The molecular weight excluding hydrogens is 204 g/mol. The normalized spacial score (nSPS) is 32.1. The second-order valence-corrected chi connectivity index (χ2v) is 4.73. The number of likely N-dealkylation sites (tertiary alicyclic amines) is 1. The molecule has 94 valence electrons. The smallest absolute Gasteiger partial charge is 0.157 e.